The van der Waals surface area contributed by atoms with Crippen molar-refractivity contribution in [2.24, 2.45) is 5.92 Å². The Morgan fingerprint density at radius 1 is 1.30 bits per heavy atom. The predicted molar refractivity (Wildman–Crippen MR) is 87.7 cm³/mol. The minimum absolute atomic E-state index is 0.0404. The maximum atomic E-state index is 12.9. The van der Waals surface area contributed by atoms with Gasteiger partial charge in [0.1, 0.15) is 0 Å². The second-order valence-electron chi connectivity index (χ2n) is 6.65. The maximum Gasteiger partial charge on any atom is 0.265 e. The number of fused-ring (bicyclic) bond motifs is 1. The zero-order valence-corrected chi connectivity index (χ0v) is 14.0. The first-order valence-corrected chi connectivity index (χ1v) is 7.94. The fourth-order valence-corrected chi connectivity index (χ4v) is 3.35. The highest BCUT2D eigenvalue weighted by molar-refractivity contribution is 6.04. The van der Waals surface area contributed by atoms with Gasteiger partial charge in [0.15, 0.2) is 11.9 Å². The van der Waals surface area contributed by atoms with E-state index in [1.807, 2.05) is 19.0 Å². The molecule has 0 unspecified atom stereocenters. The van der Waals surface area contributed by atoms with Gasteiger partial charge < -0.3 is 19.9 Å². The van der Waals surface area contributed by atoms with Gasteiger partial charge in [0, 0.05) is 19.1 Å². The molecule has 124 valence electrons. The summed E-state index contributed by atoms with van der Waals surface area (Å²) in [7, 11) is 4.08. The molecular formula is C17H23N3O3. The van der Waals surface area contributed by atoms with Crippen LogP contribution in [0.25, 0.3) is 0 Å². The second kappa shape index (κ2) is 5.85. The average Bonchev–Trinajstić information content (AvgIpc) is 2.89. The van der Waals surface area contributed by atoms with E-state index in [1.165, 1.54) is 0 Å². The zero-order chi connectivity index (χ0) is 16.7. The summed E-state index contributed by atoms with van der Waals surface area (Å²) in [6.07, 6.45) is -0.594. The Hall–Kier alpha value is -2.08. The number of para-hydroxylation sites is 1. The monoisotopic (exact) mass is 317 g/mol. The molecule has 0 spiro atoms. The Labute approximate surface area is 136 Å². The lowest BCUT2D eigenvalue weighted by Gasteiger charge is -2.26. The number of nitrogens with zero attached hydrogens (tertiary/aromatic N) is 2. The Balaban J connectivity index is 1.87. The minimum Gasteiger partial charge on any atom is -0.478 e. The van der Waals surface area contributed by atoms with Crippen LogP contribution in [0.2, 0.25) is 0 Å². The van der Waals surface area contributed by atoms with Crippen LogP contribution < -0.4 is 10.1 Å². The SMILES string of the molecule is C[C@@H]1Oc2c(cccc2C(=O)N2C[C@@H](C)[C@H](N(C)C)C2)NC1=O. The van der Waals surface area contributed by atoms with E-state index in [1.54, 1.807) is 25.1 Å². The summed E-state index contributed by atoms with van der Waals surface area (Å²) in [6.45, 7) is 5.28. The van der Waals surface area contributed by atoms with Gasteiger partial charge in [0.05, 0.1) is 11.3 Å². The molecule has 1 aromatic carbocycles. The van der Waals surface area contributed by atoms with Gasteiger partial charge in [-0.3, -0.25) is 9.59 Å². The summed E-state index contributed by atoms with van der Waals surface area (Å²) >= 11 is 0. The third kappa shape index (κ3) is 2.79. The third-order valence-corrected chi connectivity index (χ3v) is 4.69. The van der Waals surface area contributed by atoms with Gasteiger partial charge in [0.25, 0.3) is 11.8 Å². The fraction of sp³-hybridized carbons (Fsp3) is 0.529. The quantitative estimate of drug-likeness (QED) is 0.896. The largest absolute Gasteiger partial charge is 0.478 e. The molecule has 1 aromatic rings. The first kappa shape index (κ1) is 15.8. The highest BCUT2D eigenvalue weighted by Gasteiger charge is 2.36. The lowest BCUT2D eigenvalue weighted by atomic mass is 10.1. The molecule has 0 radical (unpaired) electrons. The van der Waals surface area contributed by atoms with Crippen molar-refractivity contribution in [1.82, 2.24) is 9.80 Å². The normalized spacial score (nSPS) is 26.7. The smallest absolute Gasteiger partial charge is 0.265 e. The first-order valence-electron chi connectivity index (χ1n) is 7.94. The molecule has 2 amide bonds. The van der Waals surface area contributed by atoms with Crippen LogP contribution in [0.5, 0.6) is 5.75 Å². The van der Waals surface area contributed by atoms with Crippen molar-refractivity contribution in [3.63, 3.8) is 0 Å². The van der Waals surface area contributed by atoms with Crippen LogP contribution in [0.3, 0.4) is 0 Å². The summed E-state index contributed by atoms with van der Waals surface area (Å²) in [4.78, 5) is 28.7. The number of rotatable bonds is 2. The van der Waals surface area contributed by atoms with Crippen molar-refractivity contribution in [2.45, 2.75) is 26.0 Å². The van der Waals surface area contributed by atoms with Gasteiger partial charge in [-0.1, -0.05) is 13.0 Å². The number of benzene rings is 1. The Bertz CT molecular complexity index is 644. The molecule has 3 rings (SSSR count). The van der Waals surface area contributed by atoms with Gasteiger partial charge in [-0.25, -0.2) is 0 Å². The van der Waals surface area contributed by atoms with Gasteiger partial charge in [-0.2, -0.15) is 0 Å². The van der Waals surface area contributed by atoms with Crippen LogP contribution in [-0.4, -0.2) is 60.9 Å². The number of carbonyl (C=O) groups excluding carboxylic acids is 2. The van der Waals surface area contributed by atoms with E-state index in [-0.39, 0.29) is 11.8 Å². The molecule has 3 atom stereocenters. The summed E-state index contributed by atoms with van der Waals surface area (Å²) < 4.78 is 5.69. The van der Waals surface area contributed by atoms with Gasteiger partial charge in [-0.15, -0.1) is 0 Å². The highest BCUT2D eigenvalue weighted by Crippen LogP contribution is 2.35. The van der Waals surface area contributed by atoms with Crippen molar-refractivity contribution < 1.29 is 14.3 Å². The molecule has 0 aliphatic carbocycles. The number of likely N-dealkylation sites (tertiary alicyclic amines) is 1. The van der Waals surface area contributed by atoms with Crippen LogP contribution in [0.4, 0.5) is 5.69 Å². The van der Waals surface area contributed by atoms with E-state index in [0.29, 0.717) is 35.5 Å². The van der Waals surface area contributed by atoms with Crippen molar-refractivity contribution in [2.75, 3.05) is 32.5 Å². The molecule has 2 aliphatic heterocycles. The summed E-state index contributed by atoms with van der Waals surface area (Å²) in [5, 5.41) is 2.79. The van der Waals surface area contributed by atoms with E-state index in [0.717, 1.165) is 6.54 Å². The fourth-order valence-electron chi connectivity index (χ4n) is 3.35. The van der Waals surface area contributed by atoms with E-state index in [2.05, 4.69) is 17.1 Å². The molecule has 1 saturated heterocycles. The van der Waals surface area contributed by atoms with E-state index < -0.39 is 6.10 Å². The number of hydrogen-bond donors (Lipinski definition) is 1. The van der Waals surface area contributed by atoms with Crippen LogP contribution in [0.15, 0.2) is 18.2 Å². The summed E-state index contributed by atoms with van der Waals surface area (Å²) in [5.74, 6) is 0.671. The van der Waals surface area contributed by atoms with E-state index in [9.17, 15) is 9.59 Å². The third-order valence-electron chi connectivity index (χ3n) is 4.69. The minimum atomic E-state index is -0.594. The van der Waals surface area contributed by atoms with Crippen molar-refractivity contribution in [3.8, 4) is 5.75 Å². The van der Waals surface area contributed by atoms with Gasteiger partial charge in [0.2, 0.25) is 0 Å². The van der Waals surface area contributed by atoms with Crippen LogP contribution in [-0.2, 0) is 4.79 Å². The van der Waals surface area contributed by atoms with Crippen LogP contribution in [0.1, 0.15) is 24.2 Å². The number of ether oxygens (including phenoxy) is 1. The van der Waals surface area contributed by atoms with E-state index in [4.69, 9.17) is 4.74 Å². The Kier molecular flexibility index (Phi) is 4.02. The number of hydrogen-bond acceptors (Lipinski definition) is 4. The molecule has 1 fully saturated rings. The molecule has 2 aliphatic rings. The topological polar surface area (TPSA) is 61.9 Å². The van der Waals surface area contributed by atoms with Crippen molar-refractivity contribution in [3.05, 3.63) is 23.8 Å². The molecule has 23 heavy (non-hydrogen) atoms. The first-order chi connectivity index (χ1) is 10.9. The lowest BCUT2D eigenvalue weighted by Crippen LogP contribution is -2.37. The molecule has 1 N–H and O–H groups in total. The molecule has 0 saturated carbocycles. The molecule has 0 bridgehead atoms. The van der Waals surface area contributed by atoms with E-state index >= 15 is 0 Å². The number of anilines is 1. The van der Waals surface area contributed by atoms with Crippen LogP contribution >= 0.6 is 0 Å². The highest BCUT2D eigenvalue weighted by atomic mass is 16.5. The summed E-state index contributed by atoms with van der Waals surface area (Å²) in [6, 6.07) is 5.65. The molecule has 6 nitrogen and oxygen atoms in total. The van der Waals surface area contributed by atoms with Crippen molar-refractivity contribution in [1.29, 1.82) is 0 Å². The van der Waals surface area contributed by atoms with Crippen LogP contribution in [0, 0.1) is 5.92 Å². The second-order valence-corrected chi connectivity index (χ2v) is 6.65. The number of carbonyl (C=O) groups is 2. The molecule has 6 heteroatoms. The standard InChI is InChI=1S/C17H23N3O3/c1-10-8-20(9-14(10)19(3)4)17(22)12-6-5-7-13-15(12)23-11(2)16(21)18-13/h5-7,10-11,14H,8-9H2,1-4H3,(H,18,21)/t10-,11+,14-/m1/s1. The predicted octanol–water partition coefficient (Wildman–Crippen LogP) is 1.43. The molecular weight excluding hydrogens is 294 g/mol. The molecule has 2 heterocycles. The van der Waals surface area contributed by atoms with Gasteiger partial charge >= 0.3 is 0 Å². The van der Waals surface area contributed by atoms with Crippen molar-refractivity contribution >= 4 is 17.5 Å². The Morgan fingerprint density at radius 2 is 2.04 bits per heavy atom. The average molecular weight is 317 g/mol. The number of nitrogens with one attached hydrogen (secondary N) is 1. The number of amides is 2. The zero-order valence-electron chi connectivity index (χ0n) is 14.0. The Morgan fingerprint density at radius 3 is 2.70 bits per heavy atom. The summed E-state index contributed by atoms with van der Waals surface area (Å²) in [5.41, 5.74) is 1.08. The molecule has 0 aromatic heterocycles. The van der Waals surface area contributed by atoms with Gasteiger partial charge in [-0.05, 0) is 39.1 Å². The number of likely N-dealkylation sites (N-methyl/N-ethyl adjacent to an activating group) is 1. The lowest BCUT2D eigenvalue weighted by molar-refractivity contribution is -0.122. The maximum absolute atomic E-state index is 12.9.